The second kappa shape index (κ2) is 8.28. The Bertz CT molecular complexity index is 1250. The van der Waals surface area contributed by atoms with E-state index in [1.54, 1.807) is 29.0 Å². The van der Waals surface area contributed by atoms with Crippen LogP contribution in [-0.2, 0) is 13.1 Å². The maximum Gasteiger partial charge on any atom is 0.295 e. The Balaban J connectivity index is 1.39. The van der Waals surface area contributed by atoms with Crippen molar-refractivity contribution in [1.29, 1.82) is 0 Å². The summed E-state index contributed by atoms with van der Waals surface area (Å²) >= 11 is 0. The number of carbonyl (C=O) groups excluding carboxylic acids is 1. The van der Waals surface area contributed by atoms with Crippen LogP contribution in [0.5, 0.6) is 0 Å². The average molecular weight is 408 g/mol. The van der Waals surface area contributed by atoms with Crippen molar-refractivity contribution in [2.24, 2.45) is 0 Å². The number of rotatable bonds is 6. The number of halogens is 2. The third-order valence-electron chi connectivity index (χ3n) is 4.70. The highest BCUT2D eigenvalue weighted by Gasteiger charge is 2.14. The summed E-state index contributed by atoms with van der Waals surface area (Å²) in [5.41, 5.74) is 2.93. The fourth-order valence-electron chi connectivity index (χ4n) is 3.11. The van der Waals surface area contributed by atoms with E-state index >= 15 is 0 Å². The predicted molar refractivity (Wildman–Crippen MR) is 108 cm³/mol. The Kier molecular flexibility index (Phi) is 5.38. The number of hydrogen-bond acceptors (Lipinski definition) is 3. The quantitative estimate of drug-likeness (QED) is 0.511. The van der Waals surface area contributed by atoms with Crippen molar-refractivity contribution in [3.05, 3.63) is 99.7 Å². The van der Waals surface area contributed by atoms with E-state index in [0.717, 1.165) is 11.1 Å². The summed E-state index contributed by atoms with van der Waals surface area (Å²) in [6, 6.07) is 17.2. The molecule has 2 aromatic heterocycles. The van der Waals surface area contributed by atoms with E-state index in [1.807, 2.05) is 24.3 Å². The first-order valence-corrected chi connectivity index (χ1v) is 9.29. The maximum atomic E-state index is 12.8. The molecule has 2 N–H and O–H groups in total. The lowest BCUT2D eigenvalue weighted by Crippen LogP contribution is -2.22. The molecule has 0 fully saturated rings. The third-order valence-corrected chi connectivity index (χ3v) is 4.70. The Labute approximate surface area is 170 Å². The van der Waals surface area contributed by atoms with Gasteiger partial charge >= 0.3 is 0 Å². The van der Waals surface area contributed by atoms with Crippen LogP contribution in [0.2, 0.25) is 0 Å². The number of H-pyrrole nitrogens is 1. The van der Waals surface area contributed by atoms with E-state index in [1.165, 1.54) is 18.2 Å². The molecule has 30 heavy (non-hydrogen) atoms. The van der Waals surface area contributed by atoms with Crippen LogP contribution in [0.3, 0.4) is 0 Å². The molecule has 0 aliphatic heterocycles. The van der Waals surface area contributed by atoms with Crippen LogP contribution in [0.15, 0.2) is 71.7 Å². The second-order valence-corrected chi connectivity index (χ2v) is 6.82. The summed E-state index contributed by atoms with van der Waals surface area (Å²) in [4.78, 5) is 30.5. The summed E-state index contributed by atoms with van der Waals surface area (Å²) in [5.74, 6) is -0.731. The summed E-state index contributed by atoms with van der Waals surface area (Å²) < 4.78 is 27.1. The molecule has 4 rings (SSSR count). The van der Waals surface area contributed by atoms with Gasteiger partial charge in [-0.3, -0.25) is 9.59 Å². The van der Waals surface area contributed by atoms with E-state index in [0.29, 0.717) is 29.7 Å². The zero-order valence-electron chi connectivity index (χ0n) is 15.8. The first kappa shape index (κ1) is 19.5. The molecule has 8 heteroatoms. The van der Waals surface area contributed by atoms with Gasteiger partial charge in [-0.15, -0.1) is 0 Å². The standard InChI is InChI=1S/C22H18F2N4O2/c23-20(24)21-26-17-9-8-16(11-18(17)27-21)22(30)25-12-14-4-6-15(7-5-14)13-28-10-2-1-3-19(28)29/h1-11,20H,12-13H2,(H,25,30)(H,26,27). The van der Waals surface area contributed by atoms with Gasteiger partial charge in [0.15, 0.2) is 5.82 Å². The Morgan fingerprint density at radius 1 is 1.07 bits per heavy atom. The fourth-order valence-corrected chi connectivity index (χ4v) is 3.11. The zero-order chi connectivity index (χ0) is 21.1. The van der Waals surface area contributed by atoms with Crippen LogP contribution >= 0.6 is 0 Å². The van der Waals surface area contributed by atoms with Crippen molar-refractivity contribution < 1.29 is 13.6 Å². The normalized spacial score (nSPS) is 11.2. The molecule has 0 spiro atoms. The summed E-state index contributed by atoms with van der Waals surface area (Å²) in [5, 5.41) is 2.81. The number of nitrogens with zero attached hydrogens (tertiary/aromatic N) is 2. The highest BCUT2D eigenvalue weighted by atomic mass is 19.3. The lowest BCUT2D eigenvalue weighted by atomic mass is 10.1. The highest BCUT2D eigenvalue weighted by molar-refractivity contribution is 5.97. The maximum absolute atomic E-state index is 12.8. The number of nitrogens with one attached hydrogen (secondary N) is 2. The van der Waals surface area contributed by atoms with Crippen LogP contribution in [0, 0.1) is 0 Å². The highest BCUT2D eigenvalue weighted by Crippen LogP contribution is 2.20. The molecule has 2 aromatic carbocycles. The molecular formula is C22H18F2N4O2. The van der Waals surface area contributed by atoms with E-state index < -0.39 is 12.2 Å². The number of aromatic nitrogens is 3. The largest absolute Gasteiger partial charge is 0.348 e. The van der Waals surface area contributed by atoms with Gasteiger partial charge in [-0.2, -0.15) is 0 Å². The van der Waals surface area contributed by atoms with Gasteiger partial charge in [0.1, 0.15) is 0 Å². The Morgan fingerprint density at radius 2 is 1.83 bits per heavy atom. The molecule has 0 aliphatic carbocycles. The molecule has 2 heterocycles. The third kappa shape index (κ3) is 4.27. The minimum absolute atomic E-state index is 0.0660. The molecule has 0 radical (unpaired) electrons. The van der Waals surface area contributed by atoms with E-state index in [-0.39, 0.29) is 11.5 Å². The van der Waals surface area contributed by atoms with Crippen molar-refractivity contribution in [3.63, 3.8) is 0 Å². The SMILES string of the molecule is O=C(NCc1ccc(Cn2ccccc2=O)cc1)c1ccc2nc(C(F)F)[nH]c2c1. The zero-order valence-corrected chi connectivity index (χ0v) is 15.8. The van der Waals surface area contributed by atoms with Gasteiger partial charge in [-0.1, -0.05) is 30.3 Å². The summed E-state index contributed by atoms with van der Waals surface area (Å²) in [6.07, 6.45) is -0.963. The molecule has 6 nitrogen and oxygen atoms in total. The molecule has 0 saturated carbocycles. The topological polar surface area (TPSA) is 79.8 Å². The number of amides is 1. The Morgan fingerprint density at radius 3 is 2.57 bits per heavy atom. The van der Waals surface area contributed by atoms with Crippen molar-refractivity contribution >= 4 is 16.9 Å². The number of benzene rings is 2. The molecule has 0 saturated heterocycles. The first-order chi connectivity index (χ1) is 14.5. The van der Waals surface area contributed by atoms with Crippen LogP contribution in [0.4, 0.5) is 8.78 Å². The van der Waals surface area contributed by atoms with Crippen LogP contribution < -0.4 is 10.9 Å². The minimum Gasteiger partial charge on any atom is -0.348 e. The van der Waals surface area contributed by atoms with E-state index in [4.69, 9.17) is 0 Å². The van der Waals surface area contributed by atoms with Crippen LogP contribution in [0.1, 0.15) is 33.7 Å². The number of alkyl halides is 2. The number of hydrogen-bond donors (Lipinski definition) is 2. The smallest absolute Gasteiger partial charge is 0.295 e. The van der Waals surface area contributed by atoms with Gasteiger partial charge in [0.25, 0.3) is 17.9 Å². The molecule has 0 aliphatic rings. The number of fused-ring (bicyclic) bond motifs is 1. The fraction of sp³-hybridized carbons (Fsp3) is 0.136. The molecule has 0 atom stereocenters. The molecule has 0 unspecified atom stereocenters. The van der Waals surface area contributed by atoms with Crippen molar-refractivity contribution in [2.75, 3.05) is 0 Å². The predicted octanol–water partition coefficient (Wildman–Crippen LogP) is 3.64. The van der Waals surface area contributed by atoms with Crippen LogP contribution in [-0.4, -0.2) is 20.4 Å². The van der Waals surface area contributed by atoms with Gasteiger partial charge < -0.3 is 14.9 Å². The van der Waals surface area contributed by atoms with Gasteiger partial charge in [-0.05, 0) is 35.4 Å². The molecular weight excluding hydrogens is 390 g/mol. The number of imidazole rings is 1. The van der Waals surface area contributed by atoms with E-state index in [9.17, 15) is 18.4 Å². The second-order valence-electron chi connectivity index (χ2n) is 6.82. The molecule has 152 valence electrons. The van der Waals surface area contributed by atoms with Gasteiger partial charge in [0, 0.05) is 24.4 Å². The van der Waals surface area contributed by atoms with Gasteiger partial charge in [-0.25, -0.2) is 13.8 Å². The van der Waals surface area contributed by atoms with Crippen LogP contribution in [0.25, 0.3) is 11.0 Å². The minimum atomic E-state index is -2.70. The Hall–Kier alpha value is -3.81. The lowest BCUT2D eigenvalue weighted by molar-refractivity contribution is 0.0951. The number of pyridine rings is 1. The molecule has 1 amide bonds. The number of aromatic amines is 1. The van der Waals surface area contributed by atoms with Crippen molar-refractivity contribution in [2.45, 2.75) is 19.5 Å². The van der Waals surface area contributed by atoms with Crippen molar-refractivity contribution in [3.8, 4) is 0 Å². The monoisotopic (exact) mass is 408 g/mol. The molecule has 4 aromatic rings. The summed E-state index contributed by atoms with van der Waals surface area (Å²) in [6.45, 7) is 0.783. The van der Waals surface area contributed by atoms with Gasteiger partial charge in [0.05, 0.1) is 17.6 Å². The first-order valence-electron chi connectivity index (χ1n) is 9.29. The van der Waals surface area contributed by atoms with Gasteiger partial charge in [0.2, 0.25) is 0 Å². The summed E-state index contributed by atoms with van der Waals surface area (Å²) in [7, 11) is 0. The molecule has 0 bridgehead atoms. The number of carbonyl (C=O) groups is 1. The van der Waals surface area contributed by atoms with Crippen molar-refractivity contribution in [1.82, 2.24) is 19.9 Å². The average Bonchev–Trinajstić information content (AvgIpc) is 3.18. The van der Waals surface area contributed by atoms with E-state index in [2.05, 4.69) is 15.3 Å². The lowest BCUT2D eigenvalue weighted by Gasteiger charge is -2.08.